The molecule has 2 aromatic rings. The molecule has 112 valence electrons. The van der Waals surface area contributed by atoms with E-state index in [0.29, 0.717) is 11.6 Å². The summed E-state index contributed by atoms with van der Waals surface area (Å²) in [6.07, 6.45) is 2.36. The number of carbonyl (C=O) groups excluding carboxylic acids is 1. The summed E-state index contributed by atoms with van der Waals surface area (Å²) in [5.74, 6) is 0.883. The summed E-state index contributed by atoms with van der Waals surface area (Å²) in [7, 11) is 0. The van der Waals surface area contributed by atoms with Crippen LogP contribution in [0.2, 0.25) is 0 Å². The lowest BCUT2D eigenvalue weighted by atomic mass is 10.2. The fourth-order valence-corrected chi connectivity index (χ4v) is 2.55. The molecule has 0 aliphatic rings. The molecule has 0 aliphatic carbocycles. The number of hydrogen-bond acceptors (Lipinski definition) is 4. The first-order chi connectivity index (χ1) is 10.2. The van der Waals surface area contributed by atoms with E-state index < -0.39 is 0 Å². The summed E-state index contributed by atoms with van der Waals surface area (Å²) in [4.78, 5) is 16.0. The molecule has 0 bridgehead atoms. The van der Waals surface area contributed by atoms with Crippen LogP contribution in [-0.2, 0) is 4.79 Å². The molecule has 1 heterocycles. The summed E-state index contributed by atoms with van der Waals surface area (Å²) in [5, 5.41) is 5.41. The van der Waals surface area contributed by atoms with Gasteiger partial charge in [-0.2, -0.15) is 0 Å². The van der Waals surface area contributed by atoms with Crippen molar-refractivity contribution in [3.05, 3.63) is 29.6 Å². The van der Waals surface area contributed by atoms with Crippen molar-refractivity contribution in [2.24, 2.45) is 0 Å². The Morgan fingerprint density at radius 2 is 2.00 bits per heavy atom. The van der Waals surface area contributed by atoms with Crippen molar-refractivity contribution in [2.75, 3.05) is 11.9 Å². The fourth-order valence-electron chi connectivity index (χ4n) is 1.81. The highest BCUT2D eigenvalue weighted by Gasteiger charge is 2.07. The van der Waals surface area contributed by atoms with Crippen LogP contribution in [0.3, 0.4) is 0 Å². The number of thiazole rings is 1. The van der Waals surface area contributed by atoms with Crippen LogP contribution in [0, 0.1) is 0 Å². The highest BCUT2D eigenvalue weighted by molar-refractivity contribution is 7.14. The van der Waals surface area contributed by atoms with E-state index in [4.69, 9.17) is 4.74 Å². The Morgan fingerprint density at radius 1 is 1.24 bits per heavy atom. The minimum Gasteiger partial charge on any atom is -0.494 e. The summed E-state index contributed by atoms with van der Waals surface area (Å²) in [6, 6.07) is 7.86. The monoisotopic (exact) mass is 304 g/mol. The van der Waals surface area contributed by atoms with Crippen molar-refractivity contribution in [2.45, 2.75) is 33.1 Å². The van der Waals surface area contributed by atoms with E-state index in [1.165, 1.54) is 11.3 Å². The van der Waals surface area contributed by atoms with Gasteiger partial charge in [0.05, 0.1) is 12.3 Å². The van der Waals surface area contributed by atoms with Gasteiger partial charge in [0.2, 0.25) is 5.91 Å². The molecule has 1 aromatic heterocycles. The molecule has 21 heavy (non-hydrogen) atoms. The zero-order chi connectivity index (χ0) is 15.1. The third-order valence-electron chi connectivity index (χ3n) is 2.85. The van der Waals surface area contributed by atoms with Crippen LogP contribution < -0.4 is 10.1 Å². The van der Waals surface area contributed by atoms with Gasteiger partial charge in [0.25, 0.3) is 0 Å². The minimum absolute atomic E-state index is 0.0155. The Labute approximate surface area is 129 Å². The van der Waals surface area contributed by atoms with Crippen LogP contribution >= 0.6 is 11.3 Å². The number of nitrogens with one attached hydrogen (secondary N) is 1. The van der Waals surface area contributed by atoms with Gasteiger partial charge < -0.3 is 10.1 Å². The molecule has 5 heteroatoms. The number of amides is 1. The SMILES string of the molecule is CCCOc1ccc(-c2csc(NC(=O)CCC)n2)cc1. The predicted molar refractivity (Wildman–Crippen MR) is 86.9 cm³/mol. The molecule has 2 rings (SSSR count). The molecule has 0 radical (unpaired) electrons. The zero-order valence-corrected chi connectivity index (χ0v) is 13.2. The summed E-state index contributed by atoms with van der Waals surface area (Å²) in [5.41, 5.74) is 1.89. The quantitative estimate of drug-likeness (QED) is 0.828. The third kappa shape index (κ3) is 4.56. The van der Waals surface area contributed by atoms with Crippen LogP contribution in [0.25, 0.3) is 11.3 Å². The van der Waals surface area contributed by atoms with Crippen LogP contribution in [0.4, 0.5) is 5.13 Å². The van der Waals surface area contributed by atoms with Crippen molar-refractivity contribution < 1.29 is 9.53 Å². The van der Waals surface area contributed by atoms with E-state index in [1.54, 1.807) is 0 Å². The maximum Gasteiger partial charge on any atom is 0.226 e. The smallest absolute Gasteiger partial charge is 0.226 e. The zero-order valence-electron chi connectivity index (χ0n) is 12.4. The van der Waals surface area contributed by atoms with Gasteiger partial charge in [-0.3, -0.25) is 4.79 Å². The number of rotatable bonds is 7. The average Bonchev–Trinajstić information content (AvgIpc) is 2.94. The van der Waals surface area contributed by atoms with E-state index in [2.05, 4.69) is 17.2 Å². The average molecular weight is 304 g/mol. The lowest BCUT2D eigenvalue weighted by Crippen LogP contribution is -2.10. The van der Waals surface area contributed by atoms with E-state index in [1.807, 2.05) is 36.6 Å². The first kappa shape index (κ1) is 15.5. The summed E-state index contributed by atoms with van der Waals surface area (Å²) in [6.45, 7) is 4.79. The molecule has 1 N–H and O–H groups in total. The van der Waals surface area contributed by atoms with Gasteiger partial charge in [-0.15, -0.1) is 11.3 Å². The first-order valence-electron chi connectivity index (χ1n) is 7.21. The van der Waals surface area contributed by atoms with E-state index in [0.717, 1.165) is 36.5 Å². The van der Waals surface area contributed by atoms with Crippen LogP contribution in [0.5, 0.6) is 5.75 Å². The molecular formula is C16H20N2O2S. The van der Waals surface area contributed by atoms with Crippen molar-refractivity contribution in [1.29, 1.82) is 0 Å². The lowest BCUT2D eigenvalue weighted by Gasteiger charge is -2.04. The van der Waals surface area contributed by atoms with Crippen LogP contribution in [0.15, 0.2) is 29.6 Å². The lowest BCUT2D eigenvalue weighted by molar-refractivity contribution is -0.116. The number of ether oxygens (including phenoxy) is 1. The number of benzene rings is 1. The largest absolute Gasteiger partial charge is 0.494 e. The standard InChI is InChI=1S/C16H20N2O2S/c1-3-5-15(19)18-16-17-14(11-21-16)12-6-8-13(9-7-12)20-10-4-2/h6-9,11H,3-5,10H2,1-2H3,(H,17,18,19). The van der Waals surface area contributed by atoms with Crippen molar-refractivity contribution in [3.8, 4) is 17.0 Å². The number of anilines is 1. The molecule has 0 unspecified atom stereocenters. The third-order valence-corrected chi connectivity index (χ3v) is 3.61. The summed E-state index contributed by atoms with van der Waals surface area (Å²) >= 11 is 1.44. The second kappa shape index (κ2) is 7.78. The Bertz CT molecular complexity index is 578. The predicted octanol–water partition coefficient (Wildman–Crippen LogP) is 4.34. The molecule has 0 aliphatic heterocycles. The molecular weight excluding hydrogens is 284 g/mol. The molecule has 4 nitrogen and oxygen atoms in total. The van der Waals surface area contributed by atoms with Gasteiger partial charge in [0, 0.05) is 17.4 Å². The Morgan fingerprint density at radius 3 is 2.67 bits per heavy atom. The Kier molecular flexibility index (Phi) is 5.75. The molecule has 0 fully saturated rings. The number of hydrogen-bond donors (Lipinski definition) is 1. The number of carbonyl (C=O) groups is 1. The maximum atomic E-state index is 11.5. The Balaban J connectivity index is 2.01. The van der Waals surface area contributed by atoms with Crippen molar-refractivity contribution in [3.63, 3.8) is 0 Å². The van der Waals surface area contributed by atoms with Crippen LogP contribution in [0.1, 0.15) is 33.1 Å². The first-order valence-corrected chi connectivity index (χ1v) is 8.09. The Hall–Kier alpha value is -1.88. The van der Waals surface area contributed by atoms with Gasteiger partial charge in [-0.25, -0.2) is 4.98 Å². The molecule has 1 amide bonds. The van der Waals surface area contributed by atoms with Gasteiger partial charge >= 0.3 is 0 Å². The molecule has 0 spiro atoms. The number of nitrogens with zero attached hydrogens (tertiary/aromatic N) is 1. The normalized spacial score (nSPS) is 10.4. The van der Waals surface area contributed by atoms with Gasteiger partial charge in [-0.1, -0.05) is 13.8 Å². The van der Waals surface area contributed by atoms with Gasteiger partial charge in [0.1, 0.15) is 5.75 Å². The maximum absolute atomic E-state index is 11.5. The molecule has 0 atom stereocenters. The molecule has 0 saturated heterocycles. The van der Waals surface area contributed by atoms with E-state index >= 15 is 0 Å². The molecule has 1 aromatic carbocycles. The minimum atomic E-state index is 0.0155. The second-order valence-electron chi connectivity index (χ2n) is 4.71. The molecule has 0 saturated carbocycles. The fraction of sp³-hybridized carbons (Fsp3) is 0.375. The van der Waals surface area contributed by atoms with Crippen LogP contribution in [-0.4, -0.2) is 17.5 Å². The highest BCUT2D eigenvalue weighted by Crippen LogP contribution is 2.26. The second-order valence-corrected chi connectivity index (χ2v) is 5.57. The summed E-state index contributed by atoms with van der Waals surface area (Å²) < 4.78 is 5.56. The topological polar surface area (TPSA) is 51.2 Å². The van der Waals surface area contributed by atoms with E-state index in [-0.39, 0.29) is 5.91 Å². The van der Waals surface area contributed by atoms with Crippen molar-refractivity contribution >= 4 is 22.4 Å². The number of aromatic nitrogens is 1. The van der Waals surface area contributed by atoms with Crippen molar-refractivity contribution in [1.82, 2.24) is 4.98 Å². The van der Waals surface area contributed by atoms with Gasteiger partial charge in [0.15, 0.2) is 5.13 Å². The van der Waals surface area contributed by atoms with E-state index in [9.17, 15) is 4.79 Å². The van der Waals surface area contributed by atoms with Gasteiger partial charge in [-0.05, 0) is 37.1 Å². The highest BCUT2D eigenvalue weighted by atomic mass is 32.1.